The Morgan fingerprint density at radius 3 is 2.86 bits per heavy atom. The monoisotopic (exact) mass is 193 g/mol. The predicted octanol–water partition coefficient (Wildman–Crippen LogP) is -0.301. The number of nitrogens with zero attached hydrogens (tertiary/aromatic N) is 5. The van der Waals surface area contributed by atoms with Crippen molar-refractivity contribution in [1.29, 1.82) is 0 Å². The molecule has 72 valence electrons. The lowest BCUT2D eigenvalue weighted by Crippen LogP contribution is -2.01. The Hall–Kier alpha value is -2.18. The summed E-state index contributed by atoms with van der Waals surface area (Å²) in [6.07, 6.45) is 3.16. The van der Waals surface area contributed by atoms with Crippen LogP contribution in [0.15, 0.2) is 18.5 Å². The third-order valence-corrected chi connectivity index (χ3v) is 1.63. The average molecular weight is 193 g/mol. The molecule has 0 fully saturated rings. The van der Waals surface area contributed by atoms with Crippen molar-refractivity contribution in [3.8, 4) is 5.82 Å². The van der Waals surface area contributed by atoms with E-state index in [0.29, 0.717) is 5.82 Å². The number of rotatable bonds is 2. The lowest BCUT2D eigenvalue weighted by molar-refractivity contribution is 0.0690. The number of carboxylic acids is 1. The van der Waals surface area contributed by atoms with Crippen molar-refractivity contribution < 1.29 is 9.90 Å². The van der Waals surface area contributed by atoms with Gasteiger partial charge in [0, 0.05) is 13.2 Å². The topological polar surface area (TPSA) is 85.8 Å². The molecule has 0 saturated carbocycles. The maximum atomic E-state index is 10.5. The Balaban J connectivity index is 2.38. The van der Waals surface area contributed by atoms with Crippen molar-refractivity contribution in [1.82, 2.24) is 24.8 Å². The highest BCUT2D eigenvalue weighted by molar-refractivity contribution is 5.85. The summed E-state index contributed by atoms with van der Waals surface area (Å²) in [5, 5.41) is 19.9. The fourth-order valence-corrected chi connectivity index (χ4v) is 1.01. The molecule has 0 radical (unpaired) electrons. The molecule has 2 aromatic heterocycles. The van der Waals surface area contributed by atoms with E-state index in [1.54, 1.807) is 13.2 Å². The number of aromatic carboxylic acids is 1. The van der Waals surface area contributed by atoms with E-state index >= 15 is 0 Å². The van der Waals surface area contributed by atoms with Crippen LogP contribution in [0, 0.1) is 0 Å². The quantitative estimate of drug-likeness (QED) is 0.707. The molecule has 2 aromatic rings. The summed E-state index contributed by atoms with van der Waals surface area (Å²) in [7, 11) is 1.72. The van der Waals surface area contributed by atoms with Gasteiger partial charge in [0.15, 0.2) is 11.5 Å². The molecular weight excluding hydrogens is 186 g/mol. The minimum Gasteiger partial charge on any atom is -0.476 e. The van der Waals surface area contributed by atoms with Gasteiger partial charge in [-0.15, -0.1) is 5.10 Å². The third-order valence-electron chi connectivity index (χ3n) is 1.63. The Morgan fingerprint density at radius 1 is 1.57 bits per heavy atom. The van der Waals surface area contributed by atoms with Gasteiger partial charge in [0.1, 0.15) is 0 Å². The van der Waals surface area contributed by atoms with Crippen LogP contribution in [-0.2, 0) is 7.05 Å². The van der Waals surface area contributed by atoms with Crippen LogP contribution >= 0.6 is 0 Å². The molecule has 0 atom stereocenters. The van der Waals surface area contributed by atoms with E-state index in [0.717, 1.165) is 0 Å². The van der Waals surface area contributed by atoms with E-state index in [1.807, 2.05) is 0 Å². The highest BCUT2D eigenvalue weighted by atomic mass is 16.4. The zero-order chi connectivity index (χ0) is 10.1. The molecule has 2 rings (SSSR count). The number of hydrogen-bond donors (Lipinski definition) is 1. The van der Waals surface area contributed by atoms with Gasteiger partial charge in [-0.05, 0) is 6.07 Å². The van der Waals surface area contributed by atoms with Gasteiger partial charge in [-0.25, -0.2) is 9.48 Å². The number of carbonyl (C=O) groups is 1. The molecular formula is C7H7N5O2. The van der Waals surface area contributed by atoms with Crippen molar-refractivity contribution in [2.75, 3.05) is 0 Å². The van der Waals surface area contributed by atoms with Crippen LogP contribution in [0.1, 0.15) is 10.5 Å². The van der Waals surface area contributed by atoms with Crippen molar-refractivity contribution in [3.63, 3.8) is 0 Å². The number of aromatic nitrogens is 5. The predicted molar refractivity (Wildman–Crippen MR) is 45.1 cm³/mol. The Bertz CT molecular complexity index is 472. The minimum atomic E-state index is -1.06. The van der Waals surface area contributed by atoms with Gasteiger partial charge in [-0.1, -0.05) is 5.21 Å². The van der Waals surface area contributed by atoms with Gasteiger partial charge in [-0.2, -0.15) is 5.10 Å². The highest BCUT2D eigenvalue weighted by Gasteiger charge is 2.08. The van der Waals surface area contributed by atoms with Crippen LogP contribution in [0.5, 0.6) is 0 Å². The number of hydrogen-bond acceptors (Lipinski definition) is 4. The smallest absolute Gasteiger partial charge is 0.356 e. The van der Waals surface area contributed by atoms with Crippen molar-refractivity contribution in [2.24, 2.45) is 7.05 Å². The molecule has 2 heterocycles. The molecule has 0 bridgehead atoms. The fraction of sp³-hybridized carbons (Fsp3) is 0.143. The fourth-order valence-electron chi connectivity index (χ4n) is 1.01. The summed E-state index contributed by atoms with van der Waals surface area (Å²) in [5.41, 5.74) is -0.0179. The molecule has 0 amide bonds. The van der Waals surface area contributed by atoms with Gasteiger partial charge in [0.05, 0.1) is 6.20 Å². The highest BCUT2D eigenvalue weighted by Crippen LogP contribution is 2.02. The summed E-state index contributed by atoms with van der Waals surface area (Å²) in [6, 6.07) is 1.40. The summed E-state index contributed by atoms with van der Waals surface area (Å²) < 4.78 is 2.87. The second-order valence-electron chi connectivity index (χ2n) is 2.70. The van der Waals surface area contributed by atoms with Gasteiger partial charge in [0.25, 0.3) is 0 Å². The van der Waals surface area contributed by atoms with E-state index in [4.69, 9.17) is 5.11 Å². The largest absolute Gasteiger partial charge is 0.476 e. The lowest BCUT2D eigenvalue weighted by Gasteiger charge is -1.90. The zero-order valence-corrected chi connectivity index (χ0v) is 7.32. The van der Waals surface area contributed by atoms with Crippen LogP contribution in [0.2, 0.25) is 0 Å². The normalized spacial score (nSPS) is 10.4. The van der Waals surface area contributed by atoms with Crippen molar-refractivity contribution >= 4 is 5.97 Å². The van der Waals surface area contributed by atoms with E-state index in [-0.39, 0.29) is 5.69 Å². The Labute approximate surface area is 78.6 Å². The minimum absolute atomic E-state index is 0.0179. The van der Waals surface area contributed by atoms with Crippen molar-refractivity contribution in [3.05, 3.63) is 24.2 Å². The maximum absolute atomic E-state index is 10.5. The third kappa shape index (κ3) is 1.35. The summed E-state index contributed by atoms with van der Waals surface area (Å²) in [4.78, 5) is 10.5. The van der Waals surface area contributed by atoms with Crippen LogP contribution in [0.25, 0.3) is 5.82 Å². The van der Waals surface area contributed by atoms with Crippen LogP contribution in [0.4, 0.5) is 0 Å². The molecule has 0 aromatic carbocycles. The first-order valence-corrected chi connectivity index (χ1v) is 3.82. The maximum Gasteiger partial charge on any atom is 0.356 e. The van der Waals surface area contributed by atoms with E-state index < -0.39 is 5.97 Å². The summed E-state index contributed by atoms with van der Waals surface area (Å²) in [5.74, 6) is -0.576. The molecule has 0 saturated heterocycles. The molecule has 0 aliphatic heterocycles. The lowest BCUT2D eigenvalue weighted by atomic mass is 10.5. The molecule has 7 nitrogen and oxygen atoms in total. The molecule has 1 N–H and O–H groups in total. The van der Waals surface area contributed by atoms with E-state index in [9.17, 15) is 4.79 Å². The molecule has 0 unspecified atom stereocenters. The number of aryl methyl sites for hydroxylation is 1. The van der Waals surface area contributed by atoms with Gasteiger partial charge in [0.2, 0.25) is 0 Å². The first kappa shape index (κ1) is 8.42. The van der Waals surface area contributed by atoms with E-state index in [2.05, 4.69) is 15.4 Å². The standard InChI is InChI=1S/C7H7N5O2/c1-11-4-6(8-10-11)12-3-2-5(9-12)7(13)14/h2-4H,1H3,(H,13,14). The molecule has 7 heteroatoms. The second kappa shape index (κ2) is 2.95. The Kier molecular flexibility index (Phi) is 1.77. The molecule has 0 aliphatic rings. The second-order valence-corrected chi connectivity index (χ2v) is 2.70. The van der Waals surface area contributed by atoms with Crippen LogP contribution < -0.4 is 0 Å². The number of carboxylic acid groups (broad SMARTS) is 1. The average Bonchev–Trinajstić information content (AvgIpc) is 2.70. The molecule has 0 aliphatic carbocycles. The summed E-state index contributed by atoms with van der Waals surface area (Å²) >= 11 is 0. The first-order valence-electron chi connectivity index (χ1n) is 3.82. The molecule has 14 heavy (non-hydrogen) atoms. The van der Waals surface area contributed by atoms with Gasteiger partial charge in [-0.3, -0.25) is 4.68 Å². The van der Waals surface area contributed by atoms with Crippen LogP contribution in [0.3, 0.4) is 0 Å². The van der Waals surface area contributed by atoms with Crippen LogP contribution in [-0.4, -0.2) is 35.9 Å². The zero-order valence-electron chi connectivity index (χ0n) is 7.32. The molecule has 0 spiro atoms. The SMILES string of the molecule is Cn1cc(-n2ccc(C(=O)O)n2)nn1. The summed E-state index contributed by atoms with van der Waals surface area (Å²) in [6.45, 7) is 0. The Morgan fingerprint density at radius 2 is 2.36 bits per heavy atom. The first-order chi connectivity index (χ1) is 6.66. The van der Waals surface area contributed by atoms with Gasteiger partial charge < -0.3 is 5.11 Å². The van der Waals surface area contributed by atoms with E-state index in [1.165, 1.54) is 21.6 Å². The van der Waals surface area contributed by atoms with Crippen molar-refractivity contribution in [2.45, 2.75) is 0 Å². The van der Waals surface area contributed by atoms with Gasteiger partial charge >= 0.3 is 5.97 Å².